The Morgan fingerprint density at radius 2 is 2.00 bits per heavy atom. The molecule has 1 atom stereocenters. The van der Waals surface area contributed by atoms with Crippen molar-refractivity contribution >= 4 is 5.69 Å². The maximum absolute atomic E-state index is 4.16. The molecule has 2 heterocycles. The summed E-state index contributed by atoms with van der Waals surface area (Å²) in [4.78, 5) is 4.16. The first kappa shape index (κ1) is 13.9. The highest BCUT2D eigenvalue weighted by atomic mass is 15.6. The van der Waals surface area contributed by atoms with Crippen LogP contribution >= 0.6 is 0 Å². The van der Waals surface area contributed by atoms with Gasteiger partial charge in [0.2, 0.25) is 0 Å². The van der Waals surface area contributed by atoms with Crippen molar-refractivity contribution in [2.24, 2.45) is 0 Å². The summed E-state index contributed by atoms with van der Waals surface area (Å²) >= 11 is 0. The third-order valence-electron chi connectivity index (χ3n) is 4.10. The van der Waals surface area contributed by atoms with E-state index in [0.717, 1.165) is 22.6 Å². The smallest absolute Gasteiger partial charge is 0.182 e. The molecule has 2 aromatic heterocycles. The van der Waals surface area contributed by atoms with E-state index in [1.807, 2.05) is 16.9 Å². The lowest BCUT2D eigenvalue weighted by Crippen LogP contribution is -2.06. The number of tetrazole rings is 1. The van der Waals surface area contributed by atoms with Crippen LogP contribution in [0.2, 0.25) is 0 Å². The molecule has 1 fully saturated rings. The van der Waals surface area contributed by atoms with Crippen LogP contribution < -0.4 is 5.32 Å². The monoisotopic (exact) mass is 306 g/mol. The number of nitrogens with one attached hydrogen (secondary N) is 1. The molecule has 1 aliphatic rings. The van der Waals surface area contributed by atoms with Gasteiger partial charge in [-0.1, -0.05) is 6.07 Å². The van der Waals surface area contributed by atoms with E-state index in [9.17, 15) is 0 Å². The van der Waals surface area contributed by atoms with Crippen LogP contribution in [-0.2, 0) is 0 Å². The van der Waals surface area contributed by atoms with E-state index in [1.165, 1.54) is 12.8 Å². The van der Waals surface area contributed by atoms with E-state index in [2.05, 4.69) is 63.1 Å². The normalized spacial score (nSPS) is 15.3. The summed E-state index contributed by atoms with van der Waals surface area (Å²) in [5.41, 5.74) is 3.27. The Morgan fingerprint density at radius 1 is 1.17 bits per heavy atom. The van der Waals surface area contributed by atoms with E-state index in [-0.39, 0.29) is 6.04 Å². The first-order valence-corrected chi connectivity index (χ1v) is 7.86. The Balaban J connectivity index is 1.51. The zero-order valence-electron chi connectivity index (χ0n) is 12.9. The Morgan fingerprint density at radius 3 is 2.70 bits per heavy atom. The summed E-state index contributed by atoms with van der Waals surface area (Å²) in [6.45, 7) is 2.12. The molecule has 0 unspecified atom stereocenters. The van der Waals surface area contributed by atoms with Gasteiger partial charge in [-0.15, -0.1) is 5.10 Å². The molecule has 1 N–H and O–H groups in total. The number of hydrogen-bond acceptors (Lipinski definition) is 5. The lowest BCUT2D eigenvalue weighted by molar-refractivity contribution is 0.615. The predicted molar refractivity (Wildman–Crippen MR) is 87.8 cm³/mol. The molecule has 6 nitrogen and oxygen atoms in total. The molecule has 0 bridgehead atoms. The van der Waals surface area contributed by atoms with E-state index in [0.29, 0.717) is 6.04 Å². The van der Waals surface area contributed by atoms with E-state index in [1.54, 1.807) is 6.20 Å². The molecular weight excluding hydrogens is 288 g/mol. The molecule has 4 rings (SSSR count). The third-order valence-corrected chi connectivity index (χ3v) is 4.10. The highest BCUT2D eigenvalue weighted by molar-refractivity contribution is 5.60. The van der Waals surface area contributed by atoms with Gasteiger partial charge in [0.1, 0.15) is 0 Å². The maximum Gasteiger partial charge on any atom is 0.182 e. The first-order valence-electron chi connectivity index (χ1n) is 7.86. The zero-order chi connectivity index (χ0) is 15.6. The van der Waals surface area contributed by atoms with Gasteiger partial charge in [-0.05, 0) is 66.1 Å². The summed E-state index contributed by atoms with van der Waals surface area (Å²) in [7, 11) is 0. The predicted octanol–water partition coefficient (Wildman–Crippen LogP) is 3.24. The largest absolute Gasteiger partial charge is 0.378 e. The summed E-state index contributed by atoms with van der Waals surface area (Å²) in [6.07, 6.45) is 6.01. The molecule has 23 heavy (non-hydrogen) atoms. The van der Waals surface area contributed by atoms with E-state index < -0.39 is 0 Å². The lowest BCUT2D eigenvalue weighted by atomic mass is 10.1. The molecule has 3 aromatic rings. The Kier molecular flexibility index (Phi) is 3.49. The summed E-state index contributed by atoms with van der Waals surface area (Å²) in [5.74, 6) is 0.847. The minimum Gasteiger partial charge on any atom is -0.378 e. The van der Waals surface area contributed by atoms with Gasteiger partial charge < -0.3 is 5.32 Å². The molecule has 0 radical (unpaired) electrons. The number of pyridine rings is 1. The van der Waals surface area contributed by atoms with Crippen molar-refractivity contribution in [3.8, 4) is 11.4 Å². The maximum atomic E-state index is 4.16. The van der Waals surface area contributed by atoms with E-state index in [4.69, 9.17) is 0 Å². The van der Waals surface area contributed by atoms with Crippen molar-refractivity contribution in [1.82, 2.24) is 25.2 Å². The second kappa shape index (κ2) is 5.79. The standard InChI is InChI=1S/C17H18N6/c1-12(14-3-2-10-18-11-14)19-15-6-4-13(5-7-15)17-20-21-22-23(17)16-8-9-16/h2-7,10-12,16,19H,8-9H2,1H3/t12-/m0/s1. The van der Waals surface area contributed by atoms with Crippen LogP contribution in [-0.4, -0.2) is 25.2 Å². The highest BCUT2D eigenvalue weighted by Gasteiger charge is 2.28. The Labute approximate surface area is 134 Å². The van der Waals surface area contributed by atoms with Gasteiger partial charge in [0.25, 0.3) is 0 Å². The summed E-state index contributed by atoms with van der Waals surface area (Å²) in [5, 5.41) is 15.5. The first-order chi connectivity index (χ1) is 11.3. The molecule has 0 aliphatic heterocycles. The van der Waals surface area contributed by atoms with Gasteiger partial charge >= 0.3 is 0 Å². The van der Waals surface area contributed by atoms with Crippen LogP contribution in [0.3, 0.4) is 0 Å². The topological polar surface area (TPSA) is 68.5 Å². The molecule has 1 saturated carbocycles. The van der Waals surface area contributed by atoms with Crippen molar-refractivity contribution in [3.05, 3.63) is 54.4 Å². The summed E-state index contributed by atoms with van der Waals surface area (Å²) < 4.78 is 1.93. The molecule has 116 valence electrons. The fourth-order valence-corrected chi connectivity index (χ4v) is 2.63. The molecule has 1 aliphatic carbocycles. The van der Waals surface area contributed by atoms with Gasteiger partial charge in [0, 0.05) is 23.6 Å². The van der Waals surface area contributed by atoms with Crippen molar-refractivity contribution in [1.29, 1.82) is 0 Å². The average molecular weight is 306 g/mol. The van der Waals surface area contributed by atoms with Crippen LogP contribution in [0.1, 0.15) is 37.4 Å². The number of nitrogens with zero attached hydrogens (tertiary/aromatic N) is 5. The minimum absolute atomic E-state index is 0.200. The minimum atomic E-state index is 0.200. The number of hydrogen-bond donors (Lipinski definition) is 1. The number of rotatable bonds is 5. The van der Waals surface area contributed by atoms with Gasteiger partial charge in [-0.3, -0.25) is 4.98 Å². The van der Waals surface area contributed by atoms with Crippen LogP contribution in [0.15, 0.2) is 48.8 Å². The average Bonchev–Trinajstić information content (AvgIpc) is 3.33. The fraction of sp³-hybridized carbons (Fsp3) is 0.294. The number of anilines is 1. The van der Waals surface area contributed by atoms with Crippen molar-refractivity contribution in [3.63, 3.8) is 0 Å². The van der Waals surface area contributed by atoms with Gasteiger partial charge in [-0.2, -0.15) is 0 Å². The van der Waals surface area contributed by atoms with Gasteiger partial charge in [-0.25, -0.2) is 4.68 Å². The molecule has 0 spiro atoms. The molecular formula is C17H18N6. The zero-order valence-corrected chi connectivity index (χ0v) is 12.9. The molecule has 0 amide bonds. The fourth-order valence-electron chi connectivity index (χ4n) is 2.63. The third kappa shape index (κ3) is 2.92. The van der Waals surface area contributed by atoms with Crippen molar-refractivity contribution in [2.75, 3.05) is 5.32 Å². The SMILES string of the molecule is C[C@H](Nc1ccc(-c2nnnn2C2CC2)cc1)c1cccnc1. The second-order valence-corrected chi connectivity index (χ2v) is 5.91. The van der Waals surface area contributed by atoms with Crippen LogP contribution in [0.5, 0.6) is 0 Å². The second-order valence-electron chi connectivity index (χ2n) is 5.91. The van der Waals surface area contributed by atoms with Crippen LogP contribution in [0.25, 0.3) is 11.4 Å². The van der Waals surface area contributed by atoms with Crippen molar-refractivity contribution < 1.29 is 0 Å². The molecule has 6 heteroatoms. The number of benzene rings is 1. The Bertz CT molecular complexity index is 776. The lowest BCUT2D eigenvalue weighted by Gasteiger charge is -2.15. The van der Waals surface area contributed by atoms with Crippen LogP contribution in [0.4, 0.5) is 5.69 Å². The van der Waals surface area contributed by atoms with Crippen molar-refractivity contribution in [2.45, 2.75) is 31.8 Å². The number of aromatic nitrogens is 5. The molecule has 1 aromatic carbocycles. The summed E-state index contributed by atoms with van der Waals surface area (Å²) in [6, 6.07) is 12.9. The van der Waals surface area contributed by atoms with Gasteiger partial charge in [0.05, 0.1) is 12.1 Å². The van der Waals surface area contributed by atoms with Crippen LogP contribution in [0, 0.1) is 0 Å². The quantitative estimate of drug-likeness (QED) is 0.783. The van der Waals surface area contributed by atoms with E-state index >= 15 is 0 Å². The Hall–Kier alpha value is -2.76. The highest BCUT2D eigenvalue weighted by Crippen LogP contribution is 2.36. The molecule has 0 saturated heterocycles. The van der Waals surface area contributed by atoms with Gasteiger partial charge in [0.15, 0.2) is 5.82 Å².